The van der Waals surface area contributed by atoms with E-state index < -0.39 is 0 Å². The lowest BCUT2D eigenvalue weighted by atomic mass is 10.1. The van der Waals surface area contributed by atoms with Crippen molar-refractivity contribution >= 4 is 28.1 Å². The molecule has 0 spiro atoms. The molecule has 0 atom stereocenters. The summed E-state index contributed by atoms with van der Waals surface area (Å²) in [5.74, 6) is 0.758. The fourth-order valence-electron chi connectivity index (χ4n) is 3.31. The quantitative estimate of drug-likeness (QED) is 0.421. The molecule has 0 saturated heterocycles. The second-order valence-corrected chi connectivity index (χ2v) is 6.85. The monoisotopic (exact) mass is 379 g/mol. The van der Waals surface area contributed by atoms with Crippen LogP contribution >= 0.6 is 0 Å². The molecule has 4 aromatic rings. The van der Waals surface area contributed by atoms with Gasteiger partial charge in [0, 0.05) is 6.54 Å². The molecule has 0 aliphatic rings. The molecule has 0 unspecified atom stereocenters. The molecular formula is C19H25N9. The number of nitrogens with zero attached hydrogens (tertiary/aromatic N) is 8. The van der Waals surface area contributed by atoms with Gasteiger partial charge in [-0.2, -0.15) is 0 Å². The van der Waals surface area contributed by atoms with Crippen molar-refractivity contribution in [1.29, 1.82) is 0 Å². The van der Waals surface area contributed by atoms with Crippen LogP contribution in [-0.2, 0) is 0 Å². The molecule has 9 nitrogen and oxygen atoms in total. The minimum atomic E-state index is 0.700. The highest BCUT2D eigenvalue weighted by molar-refractivity contribution is 5.83. The van der Waals surface area contributed by atoms with Gasteiger partial charge in [-0.1, -0.05) is 45.4 Å². The van der Waals surface area contributed by atoms with E-state index in [2.05, 4.69) is 42.1 Å². The number of unbranched alkanes of at least 4 members (excludes halogenated alkanes) is 6. The summed E-state index contributed by atoms with van der Waals surface area (Å²) >= 11 is 0. The summed E-state index contributed by atoms with van der Waals surface area (Å²) in [4.78, 5) is 25.9. The van der Waals surface area contributed by atoms with Gasteiger partial charge in [0.15, 0.2) is 22.6 Å². The van der Waals surface area contributed by atoms with Gasteiger partial charge in [0.1, 0.15) is 30.8 Å². The van der Waals surface area contributed by atoms with E-state index >= 15 is 0 Å². The highest BCUT2D eigenvalue weighted by Gasteiger charge is 2.13. The zero-order chi connectivity index (χ0) is 19.2. The molecule has 1 N–H and O–H groups in total. The molecular weight excluding hydrogens is 354 g/mol. The standard InChI is InChI=1S/C19H25N9/c1-2-3-4-5-6-7-8-9-21-17-16-19(24-12-22-17)28(14-26-16)27-13-25-15-10-20-11-23-18(15)27/h10-14H,2-9H2,1H3,(H,21,22,24). The van der Waals surface area contributed by atoms with E-state index in [-0.39, 0.29) is 0 Å². The second kappa shape index (κ2) is 8.73. The molecule has 0 aromatic carbocycles. The minimum absolute atomic E-state index is 0.700. The van der Waals surface area contributed by atoms with Crippen molar-refractivity contribution in [2.24, 2.45) is 0 Å². The van der Waals surface area contributed by atoms with Crippen LogP contribution in [0.4, 0.5) is 5.82 Å². The van der Waals surface area contributed by atoms with Crippen molar-refractivity contribution in [2.45, 2.75) is 51.9 Å². The fourth-order valence-corrected chi connectivity index (χ4v) is 3.31. The molecule has 4 heterocycles. The first-order valence-electron chi connectivity index (χ1n) is 9.94. The average Bonchev–Trinajstić information content (AvgIpc) is 3.34. The summed E-state index contributed by atoms with van der Waals surface area (Å²) in [5, 5.41) is 3.41. The number of hydrogen-bond acceptors (Lipinski definition) is 7. The molecule has 146 valence electrons. The largest absolute Gasteiger partial charge is 0.368 e. The smallest absolute Gasteiger partial charge is 0.185 e. The molecule has 4 aromatic heterocycles. The Balaban J connectivity index is 1.44. The summed E-state index contributed by atoms with van der Waals surface area (Å²) in [7, 11) is 0. The first-order valence-corrected chi connectivity index (χ1v) is 9.94. The predicted molar refractivity (Wildman–Crippen MR) is 108 cm³/mol. The number of nitrogens with one attached hydrogen (secondary N) is 1. The zero-order valence-electron chi connectivity index (χ0n) is 16.1. The van der Waals surface area contributed by atoms with Crippen molar-refractivity contribution in [3.63, 3.8) is 0 Å². The van der Waals surface area contributed by atoms with Crippen LogP contribution in [0.5, 0.6) is 0 Å². The summed E-state index contributed by atoms with van der Waals surface area (Å²) in [5.41, 5.74) is 2.86. The first kappa shape index (κ1) is 18.3. The molecule has 4 rings (SSSR count). The van der Waals surface area contributed by atoms with Crippen LogP contribution in [-0.4, -0.2) is 45.8 Å². The van der Waals surface area contributed by atoms with Crippen molar-refractivity contribution in [3.05, 3.63) is 31.5 Å². The third-order valence-electron chi connectivity index (χ3n) is 4.82. The highest BCUT2D eigenvalue weighted by atomic mass is 15.5. The van der Waals surface area contributed by atoms with Gasteiger partial charge in [0.25, 0.3) is 0 Å². The maximum Gasteiger partial charge on any atom is 0.185 e. The molecule has 0 bridgehead atoms. The van der Waals surface area contributed by atoms with Crippen molar-refractivity contribution in [2.75, 3.05) is 11.9 Å². The lowest BCUT2D eigenvalue weighted by Gasteiger charge is -2.07. The van der Waals surface area contributed by atoms with E-state index in [1.807, 2.05) is 4.68 Å². The first-order chi connectivity index (χ1) is 13.9. The van der Waals surface area contributed by atoms with Crippen LogP contribution in [0.25, 0.3) is 22.3 Å². The van der Waals surface area contributed by atoms with Crippen LogP contribution in [0.1, 0.15) is 51.9 Å². The SMILES string of the molecule is CCCCCCCCCNc1ncnc2c1ncn2-n1cnc2cncnc21. The predicted octanol–water partition coefficient (Wildman–Crippen LogP) is 3.44. The molecule has 0 saturated carbocycles. The van der Waals surface area contributed by atoms with Gasteiger partial charge >= 0.3 is 0 Å². The summed E-state index contributed by atoms with van der Waals surface area (Å²) in [6.45, 7) is 3.13. The second-order valence-electron chi connectivity index (χ2n) is 6.85. The number of anilines is 1. The topological polar surface area (TPSA) is 99.2 Å². The maximum atomic E-state index is 4.51. The van der Waals surface area contributed by atoms with Gasteiger partial charge < -0.3 is 5.32 Å². The summed E-state index contributed by atoms with van der Waals surface area (Å²) < 4.78 is 3.62. The Morgan fingerprint density at radius 1 is 0.786 bits per heavy atom. The van der Waals surface area contributed by atoms with Gasteiger partial charge in [0.05, 0.1) is 6.20 Å². The van der Waals surface area contributed by atoms with Crippen LogP contribution in [0, 0.1) is 0 Å². The van der Waals surface area contributed by atoms with E-state index in [9.17, 15) is 0 Å². The van der Waals surface area contributed by atoms with Crippen molar-refractivity contribution in [1.82, 2.24) is 39.3 Å². The molecule has 9 heteroatoms. The van der Waals surface area contributed by atoms with Gasteiger partial charge in [-0.15, -0.1) is 0 Å². The van der Waals surface area contributed by atoms with Crippen LogP contribution in [0.15, 0.2) is 31.5 Å². The molecule has 28 heavy (non-hydrogen) atoms. The Hall–Kier alpha value is -3.10. The van der Waals surface area contributed by atoms with E-state index in [4.69, 9.17) is 0 Å². The number of fused-ring (bicyclic) bond motifs is 2. The third kappa shape index (κ3) is 3.78. The van der Waals surface area contributed by atoms with Gasteiger partial charge in [-0.3, -0.25) is 0 Å². The van der Waals surface area contributed by atoms with Crippen LogP contribution in [0.2, 0.25) is 0 Å². The number of hydrogen-bond donors (Lipinski definition) is 1. The molecule has 0 amide bonds. The lowest BCUT2D eigenvalue weighted by molar-refractivity contribution is 0.596. The van der Waals surface area contributed by atoms with E-state index in [1.54, 1.807) is 29.9 Å². The third-order valence-corrected chi connectivity index (χ3v) is 4.82. The summed E-state index contributed by atoms with van der Waals surface area (Å²) in [6, 6.07) is 0. The number of rotatable bonds is 10. The Kier molecular flexibility index (Phi) is 5.69. The Bertz CT molecular complexity index is 1040. The number of imidazole rings is 2. The lowest BCUT2D eigenvalue weighted by Crippen LogP contribution is -2.09. The highest BCUT2D eigenvalue weighted by Crippen LogP contribution is 2.19. The summed E-state index contributed by atoms with van der Waals surface area (Å²) in [6.07, 6.45) is 17.1. The van der Waals surface area contributed by atoms with Crippen LogP contribution < -0.4 is 5.32 Å². The van der Waals surface area contributed by atoms with E-state index in [1.165, 1.54) is 44.9 Å². The Labute approximate surface area is 163 Å². The average molecular weight is 379 g/mol. The molecule has 0 fully saturated rings. The maximum absolute atomic E-state index is 4.51. The van der Waals surface area contributed by atoms with E-state index in [0.29, 0.717) is 11.3 Å². The van der Waals surface area contributed by atoms with Gasteiger partial charge in [-0.05, 0) is 6.42 Å². The van der Waals surface area contributed by atoms with Gasteiger partial charge in [-0.25, -0.2) is 39.3 Å². The Morgan fingerprint density at radius 2 is 1.54 bits per heavy atom. The van der Waals surface area contributed by atoms with Crippen LogP contribution in [0.3, 0.4) is 0 Å². The van der Waals surface area contributed by atoms with Crippen molar-refractivity contribution < 1.29 is 0 Å². The minimum Gasteiger partial charge on any atom is -0.368 e. The zero-order valence-corrected chi connectivity index (χ0v) is 16.1. The fraction of sp³-hybridized carbons (Fsp3) is 0.474. The Morgan fingerprint density at radius 3 is 2.43 bits per heavy atom. The van der Waals surface area contributed by atoms with Gasteiger partial charge in [0.2, 0.25) is 0 Å². The number of aromatic nitrogens is 8. The molecule has 0 aliphatic heterocycles. The normalized spacial score (nSPS) is 11.5. The van der Waals surface area contributed by atoms with Crippen molar-refractivity contribution in [3.8, 4) is 0 Å². The molecule has 0 radical (unpaired) electrons. The molecule has 0 aliphatic carbocycles. The van der Waals surface area contributed by atoms with E-state index in [0.717, 1.165) is 29.8 Å².